The molecule has 1 aromatic carbocycles. The summed E-state index contributed by atoms with van der Waals surface area (Å²) in [6.45, 7) is 7.53. The molecule has 2 aromatic rings. The zero-order valence-corrected chi connectivity index (χ0v) is 15.1. The van der Waals surface area contributed by atoms with Gasteiger partial charge in [-0.15, -0.1) is 0 Å². The Morgan fingerprint density at radius 1 is 1.12 bits per heavy atom. The Morgan fingerprint density at radius 2 is 1.77 bits per heavy atom. The summed E-state index contributed by atoms with van der Waals surface area (Å²) in [5.74, 6) is -1.17. The monoisotopic (exact) mass is 356 g/mol. The summed E-state index contributed by atoms with van der Waals surface area (Å²) in [6, 6.07) is 9.29. The number of nitrogens with zero attached hydrogens (tertiary/aromatic N) is 4. The van der Waals surface area contributed by atoms with Crippen molar-refractivity contribution in [2.75, 3.05) is 26.2 Å². The van der Waals surface area contributed by atoms with E-state index < -0.39 is 12.0 Å². The summed E-state index contributed by atoms with van der Waals surface area (Å²) in [4.78, 5) is 28.1. The van der Waals surface area contributed by atoms with Gasteiger partial charge in [0.25, 0.3) is 0 Å². The van der Waals surface area contributed by atoms with Crippen molar-refractivity contribution < 1.29 is 14.7 Å². The van der Waals surface area contributed by atoms with Crippen LogP contribution in [0, 0.1) is 6.92 Å². The Hall–Kier alpha value is -2.67. The molecule has 1 amide bonds. The first kappa shape index (κ1) is 18.1. The van der Waals surface area contributed by atoms with E-state index in [-0.39, 0.29) is 11.6 Å². The zero-order chi connectivity index (χ0) is 18.7. The second kappa shape index (κ2) is 7.70. The molecule has 0 aliphatic carbocycles. The van der Waals surface area contributed by atoms with E-state index in [1.54, 1.807) is 11.8 Å². The Labute approximate surface area is 152 Å². The molecule has 0 saturated carbocycles. The fourth-order valence-electron chi connectivity index (χ4n) is 3.24. The first-order valence-electron chi connectivity index (χ1n) is 8.79. The van der Waals surface area contributed by atoms with Gasteiger partial charge < -0.3 is 10.0 Å². The van der Waals surface area contributed by atoms with Gasteiger partial charge in [0.15, 0.2) is 0 Å². The molecular formula is C19H24N4O3. The van der Waals surface area contributed by atoms with Gasteiger partial charge >= 0.3 is 5.97 Å². The molecular weight excluding hydrogens is 332 g/mol. The summed E-state index contributed by atoms with van der Waals surface area (Å²) in [7, 11) is 0. The highest BCUT2D eigenvalue weighted by atomic mass is 16.4. The average Bonchev–Trinajstić information content (AvgIpc) is 3.13. The molecule has 1 fully saturated rings. The van der Waals surface area contributed by atoms with Gasteiger partial charge in [-0.25, -0.2) is 9.48 Å². The van der Waals surface area contributed by atoms with E-state index in [2.05, 4.69) is 41.2 Å². The van der Waals surface area contributed by atoms with E-state index in [9.17, 15) is 14.7 Å². The number of carbonyl (C=O) groups is 2. The molecule has 1 aromatic heterocycles. The molecule has 1 aliphatic rings. The molecule has 1 saturated heterocycles. The first-order chi connectivity index (χ1) is 12.5. The Balaban J connectivity index is 1.57. The first-order valence-corrected chi connectivity index (χ1v) is 8.79. The molecule has 0 radical (unpaired) electrons. The van der Waals surface area contributed by atoms with Crippen LogP contribution in [0.5, 0.6) is 0 Å². The highest BCUT2D eigenvalue weighted by molar-refractivity contribution is 5.87. The summed E-state index contributed by atoms with van der Waals surface area (Å²) in [6.07, 6.45) is 1.41. The fourth-order valence-corrected chi connectivity index (χ4v) is 3.24. The molecule has 7 heteroatoms. The molecule has 138 valence electrons. The molecule has 7 nitrogen and oxygen atoms in total. The number of aryl methyl sites for hydroxylation is 1. The lowest BCUT2D eigenvalue weighted by Gasteiger charge is -2.36. The molecule has 1 N–H and O–H groups in total. The van der Waals surface area contributed by atoms with Crippen molar-refractivity contribution in [3.05, 3.63) is 53.3 Å². The van der Waals surface area contributed by atoms with Crippen LogP contribution in [-0.2, 0) is 11.3 Å². The molecule has 2 heterocycles. The van der Waals surface area contributed by atoms with Gasteiger partial charge in [0, 0.05) is 38.9 Å². The van der Waals surface area contributed by atoms with Crippen LogP contribution in [0.2, 0.25) is 0 Å². The van der Waals surface area contributed by atoms with Gasteiger partial charge in [-0.3, -0.25) is 9.69 Å². The molecule has 26 heavy (non-hydrogen) atoms. The zero-order valence-electron chi connectivity index (χ0n) is 15.1. The maximum absolute atomic E-state index is 12.7. The Bertz CT molecular complexity index is 776. The number of benzene rings is 1. The van der Waals surface area contributed by atoms with Crippen LogP contribution >= 0.6 is 0 Å². The summed E-state index contributed by atoms with van der Waals surface area (Å²) < 4.78 is 1.28. The standard InChI is InChI=1S/C19H24N4O3/c1-14-3-5-16(6-4-14)13-21-9-11-22(12-10-21)18(24)15(2)23-17(19(25)26)7-8-20-23/h3-8,15H,9-13H2,1-2H3,(H,25,26). The third kappa shape index (κ3) is 3.94. The van der Waals surface area contributed by atoms with Crippen molar-refractivity contribution in [1.29, 1.82) is 0 Å². The third-order valence-electron chi connectivity index (χ3n) is 4.82. The van der Waals surface area contributed by atoms with Crippen LogP contribution in [-0.4, -0.2) is 62.7 Å². The van der Waals surface area contributed by atoms with Crippen LogP contribution in [0.15, 0.2) is 36.5 Å². The minimum absolute atomic E-state index is 0.0313. The lowest BCUT2D eigenvalue weighted by Crippen LogP contribution is -2.50. The van der Waals surface area contributed by atoms with Crippen LogP contribution in [0.25, 0.3) is 0 Å². The minimum atomic E-state index is -1.08. The highest BCUT2D eigenvalue weighted by Crippen LogP contribution is 2.16. The number of aromatic nitrogens is 2. The lowest BCUT2D eigenvalue weighted by atomic mass is 10.1. The van der Waals surface area contributed by atoms with Crippen LogP contribution in [0.4, 0.5) is 0 Å². The van der Waals surface area contributed by atoms with Gasteiger partial charge in [0.1, 0.15) is 11.7 Å². The van der Waals surface area contributed by atoms with Crippen molar-refractivity contribution in [3.8, 4) is 0 Å². The largest absolute Gasteiger partial charge is 0.477 e. The SMILES string of the molecule is Cc1ccc(CN2CCN(C(=O)C(C)n3nccc3C(=O)O)CC2)cc1. The summed E-state index contributed by atoms with van der Waals surface area (Å²) in [5.41, 5.74) is 2.55. The van der Waals surface area contributed by atoms with Crippen molar-refractivity contribution in [2.45, 2.75) is 26.4 Å². The number of carbonyl (C=O) groups excluding carboxylic acids is 1. The molecule has 1 atom stereocenters. The maximum Gasteiger partial charge on any atom is 0.354 e. The number of amides is 1. The third-order valence-corrected chi connectivity index (χ3v) is 4.82. The van der Waals surface area contributed by atoms with Gasteiger partial charge in [-0.2, -0.15) is 5.10 Å². The number of hydrogen-bond donors (Lipinski definition) is 1. The number of aromatic carboxylic acids is 1. The quantitative estimate of drug-likeness (QED) is 0.884. The van der Waals surface area contributed by atoms with Crippen LogP contribution in [0.3, 0.4) is 0 Å². The second-order valence-electron chi connectivity index (χ2n) is 6.73. The Morgan fingerprint density at radius 3 is 2.38 bits per heavy atom. The number of hydrogen-bond acceptors (Lipinski definition) is 4. The highest BCUT2D eigenvalue weighted by Gasteiger charge is 2.28. The van der Waals surface area contributed by atoms with E-state index in [4.69, 9.17) is 0 Å². The van der Waals surface area contributed by atoms with E-state index in [0.29, 0.717) is 13.1 Å². The number of carboxylic acid groups (broad SMARTS) is 1. The van der Waals surface area contributed by atoms with Crippen molar-refractivity contribution in [2.24, 2.45) is 0 Å². The molecule has 3 rings (SSSR count). The maximum atomic E-state index is 12.7. The van der Waals surface area contributed by atoms with Gasteiger partial charge in [-0.05, 0) is 25.5 Å². The lowest BCUT2D eigenvalue weighted by molar-refractivity contribution is -0.136. The topological polar surface area (TPSA) is 78.7 Å². The van der Waals surface area contributed by atoms with E-state index in [0.717, 1.165) is 19.6 Å². The number of carboxylic acids is 1. The number of rotatable bonds is 5. The smallest absolute Gasteiger partial charge is 0.354 e. The molecule has 0 spiro atoms. The van der Waals surface area contributed by atoms with E-state index in [1.165, 1.54) is 28.1 Å². The summed E-state index contributed by atoms with van der Waals surface area (Å²) in [5, 5.41) is 13.2. The fraction of sp³-hybridized carbons (Fsp3) is 0.421. The Kier molecular flexibility index (Phi) is 5.37. The van der Waals surface area contributed by atoms with Crippen LogP contribution < -0.4 is 0 Å². The van der Waals surface area contributed by atoms with Crippen molar-refractivity contribution >= 4 is 11.9 Å². The van der Waals surface area contributed by atoms with Crippen molar-refractivity contribution in [3.63, 3.8) is 0 Å². The predicted octanol–water partition coefficient (Wildman–Crippen LogP) is 1.80. The second-order valence-corrected chi connectivity index (χ2v) is 6.73. The minimum Gasteiger partial charge on any atom is -0.477 e. The predicted molar refractivity (Wildman–Crippen MR) is 96.9 cm³/mol. The normalized spacial score (nSPS) is 16.5. The van der Waals surface area contributed by atoms with Gasteiger partial charge in [-0.1, -0.05) is 29.8 Å². The van der Waals surface area contributed by atoms with E-state index >= 15 is 0 Å². The molecule has 1 unspecified atom stereocenters. The van der Waals surface area contributed by atoms with Gasteiger partial charge in [0.2, 0.25) is 5.91 Å². The molecule has 1 aliphatic heterocycles. The van der Waals surface area contributed by atoms with E-state index in [1.807, 2.05) is 0 Å². The average molecular weight is 356 g/mol. The number of piperazine rings is 1. The van der Waals surface area contributed by atoms with Crippen LogP contribution in [0.1, 0.15) is 34.6 Å². The molecule has 0 bridgehead atoms. The van der Waals surface area contributed by atoms with Gasteiger partial charge in [0.05, 0.1) is 0 Å². The summed E-state index contributed by atoms with van der Waals surface area (Å²) >= 11 is 0. The van der Waals surface area contributed by atoms with Crippen molar-refractivity contribution in [1.82, 2.24) is 19.6 Å².